The van der Waals surface area contributed by atoms with Gasteiger partial charge in [0.1, 0.15) is 16.5 Å². The lowest BCUT2D eigenvalue weighted by molar-refractivity contribution is -0.116. The Labute approximate surface area is 137 Å². The van der Waals surface area contributed by atoms with E-state index >= 15 is 0 Å². The van der Waals surface area contributed by atoms with E-state index in [1.54, 1.807) is 6.92 Å². The smallest absolute Gasteiger partial charge is 0.264 e. The number of rotatable bonds is 3. The van der Waals surface area contributed by atoms with Crippen LogP contribution in [0.2, 0.25) is 0 Å². The molecule has 3 rings (SSSR count). The molecule has 2 aromatic carbocycles. The fourth-order valence-electron chi connectivity index (χ4n) is 2.50. The Morgan fingerprint density at radius 3 is 2.58 bits per heavy atom. The number of carbonyl (C=O) groups excluding carboxylic acids is 1. The molecule has 0 aromatic heterocycles. The van der Waals surface area contributed by atoms with Crippen LogP contribution in [-0.2, 0) is 21.2 Å². The summed E-state index contributed by atoms with van der Waals surface area (Å²) in [4.78, 5) is 10.7. The predicted molar refractivity (Wildman–Crippen MR) is 85.3 cm³/mol. The van der Waals surface area contributed by atoms with Crippen LogP contribution in [0.4, 0.5) is 20.2 Å². The first-order valence-electron chi connectivity index (χ1n) is 7.17. The molecule has 1 aliphatic heterocycles. The maximum Gasteiger partial charge on any atom is 0.264 e. The number of halogens is 2. The van der Waals surface area contributed by atoms with Crippen molar-refractivity contribution in [2.24, 2.45) is 0 Å². The number of fused-ring (bicyclic) bond motifs is 1. The first-order chi connectivity index (χ1) is 11.3. The van der Waals surface area contributed by atoms with E-state index in [1.165, 1.54) is 18.2 Å². The highest BCUT2D eigenvalue weighted by Gasteiger charge is 2.25. The quantitative estimate of drug-likeness (QED) is 0.892. The molecule has 2 N–H and O–H groups in total. The molecule has 0 radical (unpaired) electrons. The molecule has 1 heterocycles. The molecular weight excluding hydrogens is 338 g/mol. The van der Waals surface area contributed by atoms with Gasteiger partial charge in [0.15, 0.2) is 0 Å². The van der Waals surface area contributed by atoms with E-state index in [0.29, 0.717) is 17.5 Å². The summed E-state index contributed by atoms with van der Waals surface area (Å²) in [5, 5.41) is 2.49. The van der Waals surface area contributed by atoms with E-state index in [-0.39, 0.29) is 23.7 Å². The zero-order valence-electron chi connectivity index (χ0n) is 12.7. The Morgan fingerprint density at radius 1 is 1.08 bits per heavy atom. The second-order valence-electron chi connectivity index (χ2n) is 5.58. The van der Waals surface area contributed by atoms with E-state index in [2.05, 4.69) is 10.0 Å². The molecule has 1 amide bonds. The monoisotopic (exact) mass is 352 g/mol. The van der Waals surface area contributed by atoms with Gasteiger partial charge in [0.05, 0.1) is 5.69 Å². The molecular formula is C16H14F2N2O3S. The van der Waals surface area contributed by atoms with Crippen LogP contribution < -0.4 is 10.0 Å². The zero-order valence-corrected chi connectivity index (χ0v) is 13.5. The van der Waals surface area contributed by atoms with Crippen molar-refractivity contribution >= 4 is 27.3 Å². The molecule has 8 heteroatoms. The maximum absolute atomic E-state index is 14.2. The van der Waals surface area contributed by atoms with Crippen LogP contribution in [0.5, 0.6) is 0 Å². The van der Waals surface area contributed by atoms with Crippen LogP contribution in [-0.4, -0.2) is 14.3 Å². The van der Waals surface area contributed by atoms with Crippen molar-refractivity contribution in [1.82, 2.24) is 0 Å². The van der Waals surface area contributed by atoms with Gasteiger partial charge >= 0.3 is 0 Å². The lowest BCUT2D eigenvalue weighted by Crippen LogP contribution is -2.21. The van der Waals surface area contributed by atoms with Crippen LogP contribution >= 0.6 is 0 Å². The van der Waals surface area contributed by atoms with Crippen molar-refractivity contribution in [1.29, 1.82) is 0 Å². The number of amides is 1. The van der Waals surface area contributed by atoms with Gasteiger partial charge in [0.2, 0.25) is 5.91 Å². The Bertz CT molecular complexity index is 943. The number of aryl methyl sites for hydroxylation is 2. The predicted octanol–water partition coefficient (Wildman–Crippen LogP) is 2.96. The van der Waals surface area contributed by atoms with Crippen LogP contribution in [0.3, 0.4) is 0 Å². The molecule has 2 aromatic rings. The first kappa shape index (κ1) is 16.4. The summed E-state index contributed by atoms with van der Waals surface area (Å²) in [5.74, 6) is -2.02. The number of benzene rings is 2. The van der Waals surface area contributed by atoms with Gasteiger partial charge in [-0.15, -0.1) is 0 Å². The molecule has 0 saturated carbocycles. The fourth-order valence-corrected chi connectivity index (χ4v) is 3.67. The number of hydrogen-bond acceptors (Lipinski definition) is 3. The Kier molecular flexibility index (Phi) is 4.00. The van der Waals surface area contributed by atoms with Crippen LogP contribution in [0, 0.1) is 18.6 Å². The molecule has 126 valence electrons. The van der Waals surface area contributed by atoms with Crippen LogP contribution in [0.1, 0.15) is 17.5 Å². The van der Waals surface area contributed by atoms with Gasteiger partial charge in [-0.1, -0.05) is 6.07 Å². The Balaban J connectivity index is 2.01. The zero-order chi connectivity index (χ0) is 17.5. The van der Waals surface area contributed by atoms with Crippen molar-refractivity contribution < 1.29 is 22.0 Å². The standard InChI is InChI=1S/C16H14F2N2O3S/c1-9-2-4-11(17)14(6-9)20-24(22,23)15-7-10-3-5-16(21)19-13(10)8-12(15)18/h2,4,6-8,20H,3,5H2,1H3,(H,19,21). The average Bonchev–Trinajstić information content (AvgIpc) is 2.49. The summed E-state index contributed by atoms with van der Waals surface area (Å²) in [6.07, 6.45) is 0.501. The van der Waals surface area contributed by atoms with Crippen LogP contribution in [0.15, 0.2) is 35.2 Å². The number of hydrogen-bond donors (Lipinski definition) is 2. The molecule has 0 fully saturated rings. The molecule has 5 nitrogen and oxygen atoms in total. The van der Waals surface area contributed by atoms with Crippen LogP contribution in [0.25, 0.3) is 0 Å². The third kappa shape index (κ3) is 3.09. The van der Waals surface area contributed by atoms with Gasteiger partial charge in [-0.2, -0.15) is 0 Å². The van der Waals surface area contributed by atoms with E-state index < -0.39 is 26.6 Å². The SMILES string of the molecule is Cc1ccc(F)c(NS(=O)(=O)c2cc3c(cc2F)NC(=O)CC3)c1. The van der Waals surface area contributed by atoms with Gasteiger partial charge in [-0.05, 0) is 48.7 Å². The van der Waals surface area contributed by atoms with E-state index in [0.717, 1.165) is 12.1 Å². The number of anilines is 2. The summed E-state index contributed by atoms with van der Waals surface area (Å²) in [6, 6.07) is 6.08. The molecule has 0 saturated heterocycles. The average molecular weight is 352 g/mol. The number of carbonyl (C=O) groups is 1. The summed E-state index contributed by atoms with van der Waals surface area (Å²) in [6.45, 7) is 1.68. The third-order valence-electron chi connectivity index (χ3n) is 3.71. The summed E-state index contributed by atoms with van der Waals surface area (Å²) < 4.78 is 54.9. The fraction of sp³-hybridized carbons (Fsp3) is 0.188. The van der Waals surface area contributed by atoms with Gasteiger partial charge < -0.3 is 5.32 Å². The summed E-state index contributed by atoms with van der Waals surface area (Å²) in [5.41, 5.74) is 1.17. The van der Waals surface area contributed by atoms with Crippen molar-refractivity contribution in [3.63, 3.8) is 0 Å². The number of sulfonamides is 1. The minimum absolute atomic E-state index is 0.193. The molecule has 0 spiro atoms. The van der Waals surface area contributed by atoms with Gasteiger partial charge in [-0.3, -0.25) is 9.52 Å². The highest BCUT2D eigenvalue weighted by Crippen LogP contribution is 2.29. The normalized spacial score (nSPS) is 14.0. The van der Waals surface area contributed by atoms with Gasteiger partial charge in [-0.25, -0.2) is 17.2 Å². The lowest BCUT2D eigenvalue weighted by atomic mass is 10.0. The van der Waals surface area contributed by atoms with E-state index in [4.69, 9.17) is 0 Å². The largest absolute Gasteiger partial charge is 0.326 e. The summed E-state index contributed by atoms with van der Waals surface area (Å²) >= 11 is 0. The van der Waals surface area contributed by atoms with Crippen molar-refractivity contribution in [2.75, 3.05) is 10.0 Å². The molecule has 1 aliphatic rings. The topological polar surface area (TPSA) is 75.3 Å². The highest BCUT2D eigenvalue weighted by molar-refractivity contribution is 7.92. The first-order valence-corrected chi connectivity index (χ1v) is 8.66. The lowest BCUT2D eigenvalue weighted by Gasteiger charge is -2.18. The minimum Gasteiger partial charge on any atom is -0.326 e. The third-order valence-corrected chi connectivity index (χ3v) is 5.09. The second kappa shape index (κ2) is 5.86. The molecule has 0 bridgehead atoms. The Morgan fingerprint density at radius 2 is 1.83 bits per heavy atom. The second-order valence-corrected chi connectivity index (χ2v) is 7.23. The number of nitrogens with one attached hydrogen (secondary N) is 2. The molecule has 0 aliphatic carbocycles. The van der Waals surface area contributed by atoms with E-state index in [1.807, 2.05) is 0 Å². The molecule has 0 unspecified atom stereocenters. The van der Waals surface area contributed by atoms with Gasteiger partial charge in [0.25, 0.3) is 10.0 Å². The van der Waals surface area contributed by atoms with Crippen molar-refractivity contribution in [3.8, 4) is 0 Å². The van der Waals surface area contributed by atoms with Gasteiger partial charge in [0, 0.05) is 12.1 Å². The van der Waals surface area contributed by atoms with Crippen molar-refractivity contribution in [2.45, 2.75) is 24.7 Å². The Hall–Kier alpha value is -2.48. The minimum atomic E-state index is -4.31. The highest BCUT2D eigenvalue weighted by atomic mass is 32.2. The molecule has 24 heavy (non-hydrogen) atoms. The maximum atomic E-state index is 14.2. The van der Waals surface area contributed by atoms with Crippen molar-refractivity contribution in [3.05, 3.63) is 53.1 Å². The molecule has 0 atom stereocenters. The van der Waals surface area contributed by atoms with E-state index in [9.17, 15) is 22.0 Å². The summed E-state index contributed by atoms with van der Waals surface area (Å²) in [7, 11) is -4.31.